The molecule has 2 aliphatic heterocycles. The highest BCUT2D eigenvalue weighted by Gasteiger charge is 2.36. The topological polar surface area (TPSA) is 52.7 Å². The number of carbonyl (C=O) groups excluding carboxylic acids is 2. The predicted octanol–water partition coefficient (Wildman–Crippen LogP) is 6.03. The van der Waals surface area contributed by atoms with Crippen LogP contribution in [0.2, 0.25) is 0 Å². The number of hydrogen-bond acceptors (Lipinski definition) is 3. The van der Waals surface area contributed by atoms with E-state index in [4.69, 9.17) is 0 Å². The third-order valence-electron chi connectivity index (χ3n) is 8.60. The fraction of sp³-hybridized carbons (Fsp3) is 0.429. The summed E-state index contributed by atoms with van der Waals surface area (Å²) in [7, 11) is 0. The van der Waals surface area contributed by atoms with Crippen LogP contribution in [0.15, 0.2) is 66.7 Å². The first-order chi connectivity index (χ1) is 19.2. The van der Waals surface area contributed by atoms with Gasteiger partial charge < -0.3 is 15.1 Å². The largest absolute Gasteiger partial charge is 0.349 e. The Labute approximate surface area is 239 Å². The van der Waals surface area contributed by atoms with Crippen LogP contribution in [0.4, 0.5) is 0 Å². The molecule has 2 atom stereocenters. The second-order valence-electron chi connectivity index (χ2n) is 12.1. The van der Waals surface area contributed by atoms with E-state index in [1.807, 2.05) is 38.1 Å². The molecular formula is C35H43N3O2. The lowest BCUT2D eigenvalue weighted by Gasteiger charge is -2.45. The third-order valence-corrected chi connectivity index (χ3v) is 8.60. The molecule has 210 valence electrons. The van der Waals surface area contributed by atoms with Crippen molar-refractivity contribution in [2.45, 2.75) is 77.9 Å². The van der Waals surface area contributed by atoms with Crippen molar-refractivity contribution in [2.24, 2.45) is 0 Å². The number of benzene rings is 3. The first-order valence-corrected chi connectivity index (χ1v) is 14.8. The summed E-state index contributed by atoms with van der Waals surface area (Å²) in [6, 6.07) is 23.6. The zero-order chi connectivity index (χ0) is 28.2. The van der Waals surface area contributed by atoms with Gasteiger partial charge in [0.05, 0.1) is 0 Å². The predicted molar refractivity (Wildman–Crippen MR) is 162 cm³/mol. The van der Waals surface area contributed by atoms with Gasteiger partial charge in [-0.25, -0.2) is 0 Å². The summed E-state index contributed by atoms with van der Waals surface area (Å²) in [5.74, 6) is 0.186. The van der Waals surface area contributed by atoms with Gasteiger partial charge in [-0.2, -0.15) is 0 Å². The van der Waals surface area contributed by atoms with Gasteiger partial charge in [-0.1, -0.05) is 64.7 Å². The molecule has 0 aliphatic carbocycles. The standard InChI is InChI=1S/C35H43N3O2/c1-24-16-25(2)19-29(18-24)34(39)36-31-10-13-37(14-11-31)32-12-15-38(33(23-32)22-28-8-6-5-7-9-28)35(40)30-20-26(3)17-27(4)21-30/h5-9,16-21,31-33H,10-15,22-23H2,1-4H3,(H,36,39)/t32-,33+/m0/s1. The SMILES string of the molecule is Cc1cc(C)cc(C(=O)NC2CCN([C@H]3CCN(C(=O)c4cc(C)cc(C)c4)[C@H](Cc4ccccc4)C3)CC2)c1. The van der Waals surface area contributed by atoms with Crippen molar-refractivity contribution in [1.29, 1.82) is 0 Å². The maximum absolute atomic E-state index is 13.8. The minimum absolute atomic E-state index is 0.0337. The molecule has 0 radical (unpaired) electrons. The Morgan fingerprint density at radius 1 is 0.750 bits per heavy atom. The molecule has 0 bridgehead atoms. The molecule has 0 aromatic heterocycles. The third kappa shape index (κ3) is 6.82. The Morgan fingerprint density at radius 2 is 1.32 bits per heavy atom. The summed E-state index contributed by atoms with van der Waals surface area (Å²) >= 11 is 0. The van der Waals surface area contributed by atoms with Crippen LogP contribution in [0, 0.1) is 27.7 Å². The van der Waals surface area contributed by atoms with Gasteiger partial charge in [0.15, 0.2) is 0 Å². The van der Waals surface area contributed by atoms with Gasteiger partial charge in [0.2, 0.25) is 0 Å². The average Bonchev–Trinajstić information content (AvgIpc) is 2.92. The van der Waals surface area contributed by atoms with Crippen molar-refractivity contribution < 1.29 is 9.59 Å². The highest BCUT2D eigenvalue weighted by Crippen LogP contribution is 2.29. The fourth-order valence-electron chi connectivity index (χ4n) is 6.76. The van der Waals surface area contributed by atoms with E-state index < -0.39 is 0 Å². The number of amides is 2. The molecule has 1 N–H and O–H groups in total. The zero-order valence-electron chi connectivity index (χ0n) is 24.5. The molecule has 2 heterocycles. The average molecular weight is 538 g/mol. The summed E-state index contributed by atoms with van der Waals surface area (Å²) in [5.41, 5.74) is 7.33. The van der Waals surface area contributed by atoms with E-state index in [0.29, 0.717) is 6.04 Å². The molecule has 0 unspecified atom stereocenters. The van der Waals surface area contributed by atoms with Crippen molar-refractivity contribution in [2.75, 3.05) is 19.6 Å². The number of nitrogens with zero attached hydrogens (tertiary/aromatic N) is 2. The molecule has 40 heavy (non-hydrogen) atoms. The number of nitrogens with one attached hydrogen (secondary N) is 1. The normalized spacial score (nSPS) is 20.4. The van der Waals surface area contributed by atoms with Crippen LogP contribution in [0.1, 0.15) is 74.2 Å². The molecule has 0 spiro atoms. The smallest absolute Gasteiger partial charge is 0.254 e. The van der Waals surface area contributed by atoms with E-state index in [2.05, 4.69) is 71.4 Å². The molecule has 5 heteroatoms. The van der Waals surface area contributed by atoms with Gasteiger partial charge in [0.25, 0.3) is 11.8 Å². The van der Waals surface area contributed by atoms with E-state index >= 15 is 0 Å². The molecule has 2 amide bonds. The lowest BCUT2D eigenvalue weighted by molar-refractivity contribution is 0.0372. The molecule has 3 aromatic rings. The zero-order valence-corrected chi connectivity index (χ0v) is 24.5. The van der Waals surface area contributed by atoms with Gasteiger partial charge in [0.1, 0.15) is 0 Å². The Morgan fingerprint density at radius 3 is 1.93 bits per heavy atom. The summed E-state index contributed by atoms with van der Waals surface area (Å²) in [6.45, 7) is 10.9. The monoisotopic (exact) mass is 537 g/mol. The van der Waals surface area contributed by atoms with E-state index in [-0.39, 0.29) is 23.9 Å². The molecule has 0 saturated carbocycles. The maximum atomic E-state index is 13.8. The van der Waals surface area contributed by atoms with Crippen LogP contribution in [0.5, 0.6) is 0 Å². The number of hydrogen-bond donors (Lipinski definition) is 1. The molecule has 2 aliphatic rings. The van der Waals surface area contributed by atoms with E-state index in [1.165, 1.54) is 5.56 Å². The van der Waals surface area contributed by atoms with Crippen molar-refractivity contribution in [3.8, 4) is 0 Å². The Kier molecular flexibility index (Phi) is 8.70. The highest BCUT2D eigenvalue weighted by molar-refractivity contribution is 5.95. The lowest BCUT2D eigenvalue weighted by Crippen LogP contribution is -2.55. The number of piperidine rings is 2. The van der Waals surface area contributed by atoms with E-state index in [0.717, 1.165) is 85.1 Å². The van der Waals surface area contributed by atoms with Gasteiger partial charge in [-0.05, 0) is 89.6 Å². The second-order valence-corrected chi connectivity index (χ2v) is 12.1. The Bertz CT molecular complexity index is 1300. The summed E-state index contributed by atoms with van der Waals surface area (Å²) in [6.07, 6.45) is 4.76. The first-order valence-electron chi connectivity index (χ1n) is 14.8. The Balaban J connectivity index is 1.23. The molecule has 5 rings (SSSR count). The highest BCUT2D eigenvalue weighted by atomic mass is 16.2. The van der Waals surface area contributed by atoms with Crippen molar-refractivity contribution in [1.82, 2.24) is 15.1 Å². The summed E-state index contributed by atoms with van der Waals surface area (Å²) in [4.78, 5) is 31.4. The second kappa shape index (κ2) is 12.4. The minimum atomic E-state index is 0.0337. The molecular weight excluding hydrogens is 494 g/mol. The molecule has 3 aromatic carbocycles. The van der Waals surface area contributed by atoms with Crippen LogP contribution < -0.4 is 5.32 Å². The van der Waals surface area contributed by atoms with Crippen LogP contribution in [0.25, 0.3) is 0 Å². The number of carbonyl (C=O) groups is 2. The molecule has 2 saturated heterocycles. The number of rotatable bonds is 6. The van der Waals surface area contributed by atoms with Gasteiger partial charge in [-0.3, -0.25) is 9.59 Å². The first kappa shape index (κ1) is 28.1. The Hall–Kier alpha value is -3.44. The van der Waals surface area contributed by atoms with Gasteiger partial charge >= 0.3 is 0 Å². The van der Waals surface area contributed by atoms with Gasteiger partial charge in [-0.15, -0.1) is 0 Å². The van der Waals surface area contributed by atoms with Crippen LogP contribution >= 0.6 is 0 Å². The van der Waals surface area contributed by atoms with Crippen molar-refractivity contribution >= 4 is 11.8 Å². The lowest BCUT2D eigenvalue weighted by atomic mass is 9.89. The van der Waals surface area contributed by atoms with Crippen molar-refractivity contribution in [3.63, 3.8) is 0 Å². The minimum Gasteiger partial charge on any atom is -0.349 e. The maximum Gasteiger partial charge on any atom is 0.254 e. The van der Waals surface area contributed by atoms with Crippen LogP contribution in [-0.2, 0) is 6.42 Å². The van der Waals surface area contributed by atoms with Crippen LogP contribution in [0.3, 0.4) is 0 Å². The van der Waals surface area contributed by atoms with E-state index in [9.17, 15) is 9.59 Å². The number of aryl methyl sites for hydroxylation is 4. The molecule has 5 nitrogen and oxygen atoms in total. The summed E-state index contributed by atoms with van der Waals surface area (Å²) in [5, 5.41) is 3.29. The van der Waals surface area contributed by atoms with Crippen molar-refractivity contribution in [3.05, 3.63) is 106 Å². The van der Waals surface area contributed by atoms with Crippen LogP contribution in [-0.4, -0.2) is 59.4 Å². The van der Waals surface area contributed by atoms with Gasteiger partial charge in [0, 0.05) is 48.9 Å². The molecule has 2 fully saturated rings. The van der Waals surface area contributed by atoms with E-state index in [1.54, 1.807) is 0 Å². The fourth-order valence-corrected chi connectivity index (χ4v) is 6.76. The number of likely N-dealkylation sites (tertiary alicyclic amines) is 2. The quantitative estimate of drug-likeness (QED) is 0.418. The summed E-state index contributed by atoms with van der Waals surface area (Å²) < 4.78 is 0.